The maximum Gasteiger partial charge on any atom is 0.331 e. The summed E-state index contributed by atoms with van der Waals surface area (Å²) in [4.78, 5) is 12.2. The molecule has 10 nitrogen and oxygen atoms in total. The van der Waals surface area contributed by atoms with Crippen LogP contribution in [0.1, 0.15) is 45.4 Å². The fourth-order valence-electron chi connectivity index (χ4n) is 4.25. The lowest BCUT2D eigenvalue weighted by molar-refractivity contribution is -0.307. The summed E-state index contributed by atoms with van der Waals surface area (Å²) in [6.45, 7) is 1.29. The minimum absolute atomic E-state index is 0.0497. The lowest BCUT2D eigenvalue weighted by Gasteiger charge is -2.40. The molecule has 0 bridgehead atoms. The van der Waals surface area contributed by atoms with Crippen LogP contribution in [-0.2, 0) is 23.7 Å². The van der Waals surface area contributed by atoms with E-state index in [0.29, 0.717) is 25.7 Å². The lowest BCUT2D eigenvalue weighted by Crippen LogP contribution is -2.59. The Morgan fingerprint density at radius 2 is 1.46 bits per heavy atom. The van der Waals surface area contributed by atoms with Crippen molar-refractivity contribution in [3.05, 3.63) is 72.9 Å². The second-order valence-corrected chi connectivity index (χ2v) is 10.1. The average molecular weight is 579 g/mol. The third-order valence-corrected chi connectivity index (χ3v) is 6.69. The summed E-state index contributed by atoms with van der Waals surface area (Å²) in [7, 11) is 1.66. The molecule has 9 atom stereocenters. The Balaban J connectivity index is 2.12. The maximum absolute atomic E-state index is 12.2. The molecule has 1 fully saturated rings. The monoisotopic (exact) mass is 578 g/mol. The van der Waals surface area contributed by atoms with E-state index in [1.54, 1.807) is 43.6 Å². The van der Waals surface area contributed by atoms with Gasteiger partial charge in [-0.15, -0.1) is 0 Å². The number of aliphatic hydroxyl groups excluding tert-OH is 5. The number of carbonyl (C=O) groups is 1. The molecule has 0 saturated carbocycles. The van der Waals surface area contributed by atoms with Crippen LogP contribution in [0.25, 0.3) is 0 Å². The molecule has 1 unspecified atom stereocenters. The Morgan fingerprint density at radius 3 is 2.12 bits per heavy atom. The van der Waals surface area contributed by atoms with Crippen molar-refractivity contribution < 1.29 is 49.3 Å². The summed E-state index contributed by atoms with van der Waals surface area (Å²) in [6, 6.07) is 0. The number of allylic oxidation sites excluding steroid dienone is 6. The molecule has 2 rings (SSSR count). The van der Waals surface area contributed by atoms with Gasteiger partial charge in [-0.25, -0.2) is 4.79 Å². The molecule has 0 amide bonds. The summed E-state index contributed by atoms with van der Waals surface area (Å²) in [6.07, 6.45) is 16.1. The molecule has 10 heteroatoms. The van der Waals surface area contributed by atoms with E-state index in [9.17, 15) is 30.3 Å². The zero-order chi connectivity index (χ0) is 30.0. The van der Waals surface area contributed by atoms with Crippen molar-refractivity contribution in [1.82, 2.24) is 0 Å². The maximum atomic E-state index is 12.2. The summed E-state index contributed by atoms with van der Waals surface area (Å²) in [5.41, 5.74) is 0. The molecule has 2 aliphatic rings. The van der Waals surface area contributed by atoms with Crippen molar-refractivity contribution in [2.45, 2.75) is 101 Å². The predicted octanol–water partition coefficient (Wildman–Crippen LogP) is 2.17. The highest BCUT2D eigenvalue weighted by atomic mass is 16.7. The molecule has 2 aliphatic heterocycles. The molecular weight excluding hydrogens is 532 g/mol. The zero-order valence-electron chi connectivity index (χ0n) is 23.9. The second-order valence-electron chi connectivity index (χ2n) is 10.1. The number of esters is 1. The van der Waals surface area contributed by atoms with Gasteiger partial charge in [0.2, 0.25) is 0 Å². The van der Waals surface area contributed by atoms with Gasteiger partial charge in [0.1, 0.15) is 24.4 Å². The van der Waals surface area contributed by atoms with Crippen molar-refractivity contribution >= 4 is 5.97 Å². The number of hydrogen-bond acceptors (Lipinski definition) is 10. The Morgan fingerprint density at radius 1 is 0.829 bits per heavy atom. The fraction of sp³-hybridized carbons (Fsp3) is 0.581. The molecule has 0 radical (unpaired) electrons. The van der Waals surface area contributed by atoms with Crippen LogP contribution in [0.5, 0.6) is 0 Å². The Hall–Kier alpha value is -2.41. The highest BCUT2D eigenvalue weighted by Crippen LogP contribution is 2.24. The normalized spacial score (nSPS) is 39.9. The topological polar surface area (TPSA) is 155 Å². The predicted molar refractivity (Wildman–Crippen MR) is 154 cm³/mol. The van der Waals surface area contributed by atoms with Gasteiger partial charge in [-0.1, -0.05) is 66.8 Å². The van der Waals surface area contributed by atoms with Crippen molar-refractivity contribution in [3.63, 3.8) is 0 Å². The number of hydrogen-bond donors (Lipinski definition) is 5. The quantitative estimate of drug-likeness (QED) is 0.314. The van der Waals surface area contributed by atoms with Crippen LogP contribution >= 0.6 is 0 Å². The van der Waals surface area contributed by atoms with Crippen LogP contribution < -0.4 is 0 Å². The van der Waals surface area contributed by atoms with Crippen LogP contribution in [0.3, 0.4) is 0 Å². The first-order chi connectivity index (χ1) is 19.7. The molecule has 0 aromatic heterocycles. The molecule has 0 aromatic carbocycles. The number of rotatable bonds is 4. The first kappa shape index (κ1) is 34.8. The van der Waals surface area contributed by atoms with Crippen LogP contribution in [0.4, 0.5) is 0 Å². The van der Waals surface area contributed by atoms with Gasteiger partial charge in [0.25, 0.3) is 0 Å². The van der Waals surface area contributed by atoms with E-state index < -0.39 is 55.5 Å². The van der Waals surface area contributed by atoms with Gasteiger partial charge in [-0.2, -0.15) is 0 Å². The number of methoxy groups -OCH3 is 1. The lowest BCUT2D eigenvalue weighted by atomic mass is 9.99. The van der Waals surface area contributed by atoms with Crippen LogP contribution in [-0.4, -0.2) is 100 Å². The summed E-state index contributed by atoms with van der Waals surface area (Å²) in [5.74, 6) is -0.453. The summed E-state index contributed by atoms with van der Waals surface area (Å²) in [5, 5.41) is 50.2. The van der Waals surface area contributed by atoms with Crippen molar-refractivity contribution in [2.24, 2.45) is 0 Å². The second kappa shape index (κ2) is 19.7. The first-order valence-corrected chi connectivity index (χ1v) is 14.1. The van der Waals surface area contributed by atoms with E-state index >= 15 is 0 Å². The number of carbonyl (C=O) groups excluding carboxylic acids is 1. The summed E-state index contributed by atoms with van der Waals surface area (Å²) < 4.78 is 22.3. The third-order valence-electron chi connectivity index (χ3n) is 6.69. The van der Waals surface area contributed by atoms with Gasteiger partial charge in [0.15, 0.2) is 6.29 Å². The van der Waals surface area contributed by atoms with Gasteiger partial charge in [-0.05, 0) is 45.4 Å². The first-order valence-electron chi connectivity index (χ1n) is 14.1. The number of cyclic esters (lactones) is 1. The van der Waals surface area contributed by atoms with Crippen LogP contribution in [0.15, 0.2) is 72.9 Å². The van der Waals surface area contributed by atoms with E-state index in [0.717, 1.165) is 12.8 Å². The average Bonchev–Trinajstić information content (AvgIpc) is 2.95. The van der Waals surface area contributed by atoms with Gasteiger partial charge in [0.05, 0.1) is 31.0 Å². The van der Waals surface area contributed by atoms with Crippen LogP contribution in [0, 0.1) is 0 Å². The van der Waals surface area contributed by atoms with E-state index in [2.05, 4.69) is 0 Å². The molecule has 0 aromatic rings. The van der Waals surface area contributed by atoms with E-state index in [1.165, 1.54) is 6.08 Å². The van der Waals surface area contributed by atoms with Gasteiger partial charge >= 0.3 is 5.97 Å². The van der Waals surface area contributed by atoms with Crippen molar-refractivity contribution in [1.29, 1.82) is 0 Å². The molecule has 2 heterocycles. The van der Waals surface area contributed by atoms with E-state index in [1.807, 2.05) is 37.3 Å². The smallest absolute Gasteiger partial charge is 0.331 e. The highest BCUT2D eigenvalue weighted by molar-refractivity contribution is 5.82. The Bertz CT molecular complexity index is 922. The van der Waals surface area contributed by atoms with Gasteiger partial charge in [-0.3, -0.25) is 0 Å². The summed E-state index contributed by atoms with van der Waals surface area (Å²) >= 11 is 0. The SMILES string of the molecule is COC1/C=C/C=C/C[C@@H](O)C/C=C/C=C/[C@@H](O[C@H]2O[C@@H](CO)[C@H](O)[C@@H](O)[C@@H]2O)C/C=C/C=C\C(=O)O[C@H](C)CCC1. The number of aliphatic hydroxyl groups is 5. The molecule has 0 spiro atoms. The molecule has 1 saturated heterocycles. The standard InChI is InChI=1S/C31H46O10/c1-22-13-12-19-24(38-2)16-8-3-6-14-23(33)15-7-4-9-17-25(18-10-5-11-20-27(34)39-22)40-31-30(37)29(36)28(35)26(21-32)41-31/h3-11,16-17,20,22-26,28-33,35-37H,12-15,18-19,21H2,1-2H3/b6-3+,7-4+,10-5+,16-8+,17-9+,20-11-/t22-,23-,24?,25-,26+,28+,29-,30+,31+/m1/s1. The van der Waals surface area contributed by atoms with Gasteiger partial charge < -0.3 is 44.5 Å². The zero-order valence-corrected chi connectivity index (χ0v) is 23.9. The minimum Gasteiger partial charge on any atom is -0.460 e. The molecule has 230 valence electrons. The molecule has 0 aliphatic carbocycles. The fourth-order valence-corrected chi connectivity index (χ4v) is 4.25. The van der Waals surface area contributed by atoms with E-state index in [-0.39, 0.29) is 12.2 Å². The third kappa shape index (κ3) is 13.4. The van der Waals surface area contributed by atoms with Crippen LogP contribution in [0.2, 0.25) is 0 Å². The Labute approximate surface area is 242 Å². The molecule has 41 heavy (non-hydrogen) atoms. The Kier molecular flexibility index (Phi) is 16.7. The number of ether oxygens (including phenoxy) is 4. The van der Waals surface area contributed by atoms with Gasteiger partial charge in [0, 0.05) is 13.2 Å². The highest BCUT2D eigenvalue weighted by Gasteiger charge is 2.44. The molecule has 5 N–H and O–H groups in total. The van der Waals surface area contributed by atoms with Crippen molar-refractivity contribution in [3.8, 4) is 0 Å². The molecular formula is C31H46O10. The van der Waals surface area contributed by atoms with E-state index in [4.69, 9.17) is 18.9 Å². The minimum atomic E-state index is -1.55. The largest absolute Gasteiger partial charge is 0.460 e. The van der Waals surface area contributed by atoms with Crippen molar-refractivity contribution in [2.75, 3.05) is 13.7 Å².